The average Bonchev–Trinajstić information content (AvgIpc) is 3.46. The van der Waals surface area contributed by atoms with Gasteiger partial charge in [-0.3, -0.25) is 24.1 Å². The van der Waals surface area contributed by atoms with Crippen LogP contribution in [0.1, 0.15) is 23.8 Å². The molecule has 9 heteroatoms. The number of methoxy groups -OCH3 is 1. The lowest BCUT2D eigenvalue weighted by atomic mass is 9.76. The van der Waals surface area contributed by atoms with Gasteiger partial charge in [-0.2, -0.15) is 0 Å². The van der Waals surface area contributed by atoms with E-state index in [-0.39, 0.29) is 6.42 Å². The van der Waals surface area contributed by atoms with Crippen LogP contribution in [0.25, 0.3) is 0 Å². The number of amides is 3. The van der Waals surface area contributed by atoms with Crippen molar-refractivity contribution in [2.45, 2.75) is 24.9 Å². The Morgan fingerprint density at radius 1 is 1.19 bits per heavy atom. The molecule has 0 aliphatic carbocycles. The molecule has 1 N–H and O–H groups in total. The molecule has 3 aliphatic heterocycles. The number of piperazine rings is 1. The molecule has 9 nitrogen and oxygen atoms in total. The van der Waals surface area contributed by atoms with Gasteiger partial charge in [-0.25, -0.2) is 4.90 Å². The van der Waals surface area contributed by atoms with Crippen LogP contribution in [0.2, 0.25) is 0 Å². The molecule has 0 saturated carbocycles. The van der Waals surface area contributed by atoms with Gasteiger partial charge in [0.15, 0.2) is 0 Å². The van der Waals surface area contributed by atoms with E-state index in [1.54, 1.807) is 29.2 Å². The van der Waals surface area contributed by atoms with Gasteiger partial charge in [0.05, 0.1) is 43.4 Å². The normalized spacial score (nSPS) is 29.6. The predicted octanol–water partition coefficient (Wildman–Crippen LogP) is 1.18. The molecule has 0 spiro atoms. The van der Waals surface area contributed by atoms with Gasteiger partial charge in [0.25, 0.3) is 0 Å². The molecule has 3 aliphatic rings. The molecule has 5 rings (SSSR count). The molecule has 3 saturated heterocycles. The van der Waals surface area contributed by atoms with Crippen molar-refractivity contribution in [3.05, 3.63) is 54.0 Å². The summed E-state index contributed by atoms with van der Waals surface area (Å²) in [5, 5.41) is 2.80. The number of aryl methyl sites for hydroxylation is 1. The molecular weight excluding hydrogens is 414 g/mol. The number of esters is 1. The van der Waals surface area contributed by atoms with E-state index >= 15 is 0 Å². The molecule has 32 heavy (non-hydrogen) atoms. The van der Waals surface area contributed by atoms with E-state index in [1.165, 1.54) is 13.4 Å². The number of furan rings is 1. The third-order valence-electron chi connectivity index (χ3n) is 6.85. The number of carbonyl (C=O) groups is 4. The maximum absolute atomic E-state index is 13.8. The molecule has 4 heterocycles. The van der Waals surface area contributed by atoms with Gasteiger partial charge < -0.3 is 14.5 Å². The highest BCUT2D eigenvalue weighted by atomic mass is 16.5. The van der Waals surface area contributed by atoms with Crippen molar-refractivity contribution in [1.82, 2.24) is 10.2 Å². The predicted molar refractivity (Wildman–Crippen MR) is 111 cm³/mol. The number of hydrogen-bond acceptors (Lipinski definition) is 7. The van der Waals surface area contributed by atoms with Gasteiger partial charge in [0.2, 0.25) is 17.7 Å². The van der Waals surface area contributed by atoms with Gasteiger partial charge in [-0.05, 0) is 31.2 Å². The van der Waals surface area contributed by atoms with E-state index in [9.17, 15) is 19.2 Å². The van der Waals surface area contributed by atoms with Crippen molar-refractivity contribution >= 4 is 29.4 Å². The van der Waals surface area contributed by atoms with Crippen LogP contribution < -0.4 is 10.2 Å². The quantitative estimate of drug-likeness (QED) is 0.565. The van der Waals surface area contributed by atoms with E-state index in [0.717, 1.165) is 10.5 Å². The van der Waals surface area contributed by atoms with Crippen LogP contribution in [0.5, 0.6) is 0 Å². The summed E-state index contributed by atoms with van der Waals surface area (Å²) in [6, 6.07) is 9.83. The first kappa shape index (κ1) is 20.4. The van der Waals surface area contributed by atoms with Crippen LogP contribution in [-0.2, 0) is 23.9 Å². The third kappa shape index (κ3) is 2.67. The number of imide groups is 1. The summed E-state index contributed by atoms with van der Waals surface area (Å²) in [5.74, 6) is -3.42. The highest BCUT2D eigenvalue weighted by Crippen LogP contribution is 2.57. The largest absolute Gasteiger partial charge is 0.469 e. The lowest BCUT2D eigenvalue weighted by Crippen LogP contribution is -2.67. The zero-order valence-electron chi connectivity index (χ0n) is 17.7. The Bertz CT molecular complexity index is 1100. The second-order valence-corrected chi connectivity index (χ2v) is 8.44. The molecule has 4 atom stereocenters. The fourth-order valence-electron chi connectivity index (χ4n) is 5.51. The molecule has 4 unspecified atom stereocenters. The minimum Gasteiger partial charge on any atom is -0.469 e. The minimum absolute atomic E-state index is 0.336. The Balaban J connectivity index is 1.69. The molecular formula is C23H23N3O6. The highest BCUT2D eigenvalue weighted by molar-refractivity contribution is 6.24. The SMILES string of the molecule is COC(=O)CC12C(=O)NCCN1C(c1ccco1)C1C(=O)N(c3ccc(C)cc3)C(=O)C12. The molecule has 0 bridgehead atoms. The number of benzene rings is 1. The Labute approximate surface area is 184 Å². The summed E-state index contributed by atoms with van der Waals surface area (Å²) >= 11 is 0. The number of anilines is 1. The second-order valence-electron chi connectivity index (χ2n) is 8.44. The minimum atomic E-state index is -1.54. The molecule has 3 fully saturated rings. The van der Waals surface area contributed by atoms with Gasteiger partial charge >= 0.3 is 5.97 Å². The summed E-state index contributed by atoms with van der Waals surface area (Å²) in [6.07, 6.45) is 1.15. The van der Waals surface area contributed by atoms with Crippen LogP contribution in [0.4, 0.5) is 5.69 Å². The van der Waals surface area contributed by atoms with Gasteiger partial charge in [0, 0.05) is 13.1 Å². The summed E-state index contributed by atoms with van der Waals surface area (Å²) in [5.41, 5.74) is -0.115. The van der Waals surface area contributed by atoms with E-state index in [4.69, 9.17) is 9.15 Å². The Morgan fingerprint density at radius 2 is 1.94 bits per heavy atom. The molecule has 166 valence electrons. The van der Waals surface area contributed by atoms with Crippen molar-refractivity contribution in [2.24, 2.45) is 11.8 Å². The topological polar surface area (TPSA) is 109 Å². The number of hydrogen-bond donors (Lipinski definition) is 1. The average molecular weight is 437 g/mol. The van der Waals surface area contributed by atoms with E-state index < -0.39 is 47.1 Å². The summed E-state index contributed by atoms with van der Waals surface area (Å²) in [6.45, 7) is 2.61. The van der Waals surface area contributed by atoms with Crippen molar-refractivity contribution < 1.29 is 28.3 Å². The van der Waals surface area contributed by atoms with Gasteiger partial charge in [0.1, 0.15) is 11.3 Å². The Hall–Kier alpha value is -3.46. The van der Waals surface area contributed by atoms with E-state index in [2.05, 4.69) is 5.32 Å². The van der Waals surface area contributed by atoms with Crippen LogP contribution in [0, 0.1) is 18.8 Å². The van der Waals surface area contributed by atoms with Gasteiger partial charge in [-0.1, -0.05) is 17.7 Å². The van der Waals surface area contributed by atoms with Crippen LogP contribution in [0.15, 0.2) is 47.1 Å². The second kappa shape index (κ2) is 7.30. The first-order valence-electron chi connectivity index (χ1n) is 10.5. The number of ether oxygens (including phenoxy) is 1. The lowest BCUT2D eigenvalue weighted by molar-refractivity contribution is -0.154. The monoisotopic (exact) mass is 437 g/mol. The summed E-state index contributed by atoms with van der Waals surface area (Å²) in [4.78, 5) is 56.3. The third-order valence-corrected chi connectivity index (χ3v) is 6.85. The van der Waals surface area contributed by atoms with E-state index in [1.807, 2.05) is 19.1 Å². The standard InChI is InChI=1S/C23H23N3O6/c1-13-5-7-14(8-6-13)26-20(28)17-18(21(26)29)23(12-16(27)31-2)22(30)24-9-10-25(23)19(17)15-4-3-11-32-15/h3-8,11,17-19H,9-10,12H2,1-2H3,(H,24,30). The van der Waals surface area contributed by atoms with Crippen LogP contribution in [0.3, 0.4) is 0 Å². The maximum atomic E-state index is 13.8. The number of carbonyl (C=O) groups excluding carboxylic acids is 4. The number of fused-ring (bicyclic) bond motifs is 3. The zero-order valence-corrected chi connectivity index (χ0v) is 17.7. The summed E-state index contributed by atoms with van der Waals surface area (Å²) in [7, 11) is 1.24. The van der Waals surface area contributed by atoms with Crippen molar-refractivity contribution in [2.75, 3.05) is 25.1 Å². The highest BCUT2D eigenvalue weighted by Gasteiger charge is 2.73. The van der Waals surface area contributed by atoms with Crippen molar-refractivity contribution in [3.63, 3.8) is 0 Å². The van der Waals surface area contributed by atoms with Crippen molar-refractivity contribution in [1.29, 1.82) is 0 Å². The Morgan fingerprint density at radius 3 is 2.59 bits per heavy atom. The molecule has 1 aromatic heterocycles. The smallest absolute Gasteiger partial charge is 0.307 e. The van der Waals surface area contributed by atoms with Crippen LogP contribution in [-0.4, -0.2) is 54.3 Å². The molecule has 1 aromatic carbocycles. The maximum Gasteiger partial charge on any atom is 0.307 e. The fraction of sp³-hybridized carbons (Fsp3) is 0.391. The van der Waals surface area contributed by atoms with E-state index in [0.29, 0.717) is 24.5 Å². The number of nitrogens with one attached hydrogen (secondary N) is 1. The molecule has 2 aromatic rings. The molecule has 0 radical (unpaired) electrons. The molecule has 3 amide bonds. The number of nitrogens with zero attached hydrogens (tertiary/aromatic N) is 2. The Kier molecular flexibility index (Phi) is 4.67. The van der Waals surface area contributed by atoms with Gasteiger partial charge in [-0.15, -0.1) is 0 Å². The van der Waals surface area contributed by atoms with Crippen LogP contribution >= 0.6 is 0 Å². The zero-order chi connectivity index (χ0) is 22.6. The first-order valence-corrected chi connectivity index (χ1v) is 10.5. The summed E-state index contributed by atoms with van der Waals surface area (Å²) < 4.78 is 10.5. The van der Waals surface area contributed by atoms with Crippen molar-refractivity contribution in [3.8, 4) is 0 Å². The number of rotatable bonds is 4. The fourth-order valence-corrected chi connectivity index (χ4v) is 5.51. The lowest BCUT2D eigenvalue weighted by Gasteiger charge is -2.44. The first-order chi connectivity index (χ1) is 15.4.